The summed E-state index contributed by atoms with van der Waals surface area (Å²) in [6.07, 6.45) is 4.59. The second kappa shape index (κ2) is 5.78. The number of primary amides is 1. The Morgan fingerprint density at radius 1 is 1.19 bits per heavy atom. The summed E-state index contributed by atoms with van der Waals surface area (Å²) in [4.78, 5) is 24.2. The van der Waals surface area contributed by atoms with E-state index in [1.54, 1.807) is 12.2 Å². The number of rotatable bonds is 5. The third-order valence-electron chi connectivity index (χ3n) is 7.85. The number of carbonyl (C=O) groups is 2. The Bertz CT molecular complexity index is 822. The summed E-state index contributed by atoms with van der Waals surface area (Å²) in [5.41, 5.74) is 6.96. The van der Waals surface area contributed by atoms with Crippen molar-refractivity contribution in [3.63, 3.8) is 0 Å². The number of fused-ring (bicyclic) bond motifs is 4. The molecular formula is C18H26N2O6S. The van der Waals surface area contributed by atoms with Crippen molar-refractivity contribution in [3.05, 3.63) is 12.2 Å². The highest BCUT2D eigenvalue weighted by atomic mass is 32.2. The van der Waals surface area contributed by atoms with E-state index in [4.69, 9.17) is 14.8 Å². The molecule has 2 aliphatic heterocycles. The fourth-order valence-electron chi connectivity index (χ4n) is 5.75. The fraction of sp³-hybridized carbons (Fsp3) is 0.778. The Balaban J connectivity index is 1.47. The summed E-state index contributed by atoms with van der Waals surface area (Å²) < 4.78 is 36.2. The van der Waals surface area contributed by atoms with Gasteiger partial charge in [0.1, 0.15) is 0 Å². The monoisotopic (exact) mass is 398 g/mol. The van der Waals surface area contributed by atoms with Crippen molar-refractivity contribution in [1.29, 1.82) is 0 Å². The average Bonchev–Trinajstić information content (AvgIpc) is 3.29. The lowest BCUT2D eigenvalue weighted by molar-refractivity contribution is -0.137. The third-order valence-corrected chi connectivity index (χ3v) is 9.58. The number of hydrogen-bond donors (Lipinski definition) is 2. The molecule has 2 heterocycles. The zero-order chi connectivity index (χ0) is 19.8. The summed E-state index contributed by atoms with van der Waals surface area (Å²) in [6.45, 7) is 6.20. The van der Waals surface area contributed by atoms with Crippen LogP contribution >= 0.6 is 0 Å². The zero-order valence-electron chi connectivity index (χ0n) is 15.7. The molecular weight excluding hydrogens is 372 g/mol. The molecule has 2 saturated carbocycles. The molecule has 0 radical (unpaired) electrons. The van der Waals surface area contributed by atoms with E-state index in [0.29, 0.717) is 12.3 Å². The number of nitrogens with one attached hydrogen (secondary N) is 1. The molecule has 2 amide bonds. The van der Waals surface area contributed by atoms with Crippen LogP contribution in [0.2, 0.25) is 0 Å². The Kier molecular flexibility index (Phi) is 4.04. The molecule has 8 nitrogen and oxygen atoms in total. The van der Waals surface area contributed by atoms with E-state index < -0.39 is 56.6 Å². The van der Waals surface area contributed by atoms with Gasteiger partial charge in [-0.05, 0) is 36.0 Å². The second-order valence-corrected chi connectivity index (χ2v) is 10.8. The second-order valence-electron chi connectivity index (χ2n) is 9.05. The lowest BCUT2D eigenvalue weighted by atomic mass is 9.71. The van der Waals surface area contributed by atoms with Gasteiger partial charge in [-0.2, -0.15) is 8.42 Å². The van der Waals surface area contributed by atoms with Crippen molar-refractivity contribution in [2.75, 3.05) is 0 Å². The smallest absolute Gasteiger partial charge is 0.291 e. The van der Waals surface area contributed by atoms with Crippen LogP contribution in [0.3, 0.4) is 0 Å². The van der Waals surface area contributed by atoms with E-state index >= 15 is 0 Å². The van der Waals surface area contributed by atoms with Crippen LogP contribution in [0.25, 0.3) is 0 Å². The Labute approximate surface area is 158 Å². The molecule has 1 saturated heterocycles. The molecule has 4 aliphatic rings. The van der Waals surface area contributed by atoms with Crippen LogP contribution in [0, 0.1) is 28.6 Å². The molecule has 3 fully saturated rings. The molecule has 0 spiro atoms. The quantitative estimate of drug-likeness (QED) is 0.517. The number of ether oxygens (including phenoxy) is 1. The molecule has 0 aromatic heterocycles. The van der Waals surface area contributed by atoms with Crippen LogP contribution in [-0.4, -0.2) is 37.7 Å². The van der Waals surface area contributed by atoms with Gasteiger partial charge >= 0.3 is 0 Å². The van der Waals surface area contributed by atoms with Crippen molar-refractivity contribution < 1.29 is 27.0 Å². The standard InChI is InChI=1S/C18H26N2O6S/c1-17(2)9-6-7-18(17,3)12(8-9)27(23,24)26-20-16(22)14-11-5-4-10(25-11)13(14)15(19)21/h4-5,9-14H,6-8H2,1-3H3,(H2,19,21)(H,20,22). The van der Waals surface area contributed by atoms with Crippen LogP contribution in [-0.2, 0) is 28.7 Å². The summed E-state index contributed by atoms with van der Waals surface area (Å²) in [7, 11) is -4.00. The molecule has 0 aromatic carbocycles. The minimum Gasteiger partial charge on any atom is -0.369 e. The minimum absolute atomic E-state index is 0.0988. The van der Waals surface area contributed by atoms with Gasteiger partial charge < -0.3 is 10.5 Å². The number of carbonyl (C=O) groups excluding carboxylic acids is 2. The number of hydroxylamine groups is 1. The lowest BCUT2D eigenvalue weighted by Crippen LogP contribution is -2.47. The van der Waals surface area contributed by atoms with E-state index in [1.165, 1.54) is 0 Å². The van der Waals surface area contributed by atoms with Gasteiger partial charge in [-0.25, -0.2) is 5.48 Å². The Morgan fingerprint density at radius 2 is 1.81 bits per heavy atom. The topological polar surface area (TPSA) is 125 Å². The summed E-state index contributed by atoms with van der Waals surface area (Å²) in [5, 5.41) is -0.665. The van der Waals surface area contributed by atoms with Gasteiger partial charge in [0.25, 0.3) is 16.0 Å². The van der Waals surface area contributed by atoms with E-state index in [-0.39, 0.29) is 5.41 Å². The zero-order valence-corrected chi connectivity index (χ0v) is 16.5. The lowest BCUT2D eigenvalue weighted by Gasteiger charge is -2.38. The summed E-state index contributed by atoms with van der Waals surface area (Å²) >= 11 is 0. The first-order valence-electron chi connectivity index (χ1n) is 9.34. The van der Waals surface area contributed by atoms with Gasteiger partial charge in [-0.15, -0.1) is 4.28 Å². The maximum atomic E-state index is 12.8. The highest BCUT2D eigenvalue weighted by Crippen LogP contribution is 2.67. The first kappa shape index (κ1) is 18.9. The largest absolute Gasteiger partial charge is 0.369 e. The number of hydrogen-bond acceptors (Lipinski definition) is 6. The van der Waals surface area contributed by atoms with Gasteiger partial charge in [-0.3, -0.25) is 9.59 Å². The fourth-order valence-corrected chi connectivity index (χ4v) is 7.59. The summed E-state index contributed by atoms with van der Waals surface area (Å²) in [5.74, 6) is -2.75. The van der Waals surface area contributed by atoms with E-state index in [0.717, 1.165) is 12.8 Å². The molecule has 4 rings (SSSR count). The van der Waals surface area contributed by atoms with Crippen molar-refractivity contribution in [2.24, 2.45) is 34.3 Å². The van der Waals surface area contributed by atoms with Crippen molar-refractivity contribution >= 4 is 21.9 Å². The predicted octanol–water partition coefficient (Wildman–Crippen LogP) is 0.634. The Morgan fingerprint density at radius 3 is 2.33 bits per heavy atom. The first-order valence-corrected chi connectivity index (χ1v) is 10.8. The molecule has 4 bridgehead atoms. The van der Waals surface area contributed by atoms with Gasteiger partial charge in [0, 0.05) is 0 Å². The van der Waals surface area contributed by atoms with Crippen LogP contribution in [0.1, 0.15) is 40.0 Å². The maximum absolute atomic E-state index is 12.8. The highest BCUT2D eigenvalue weighted by molar-refractivity contribution is 7.87. The van der Waals surface area contributed by atoms with E-state index in [9.17, 15) is 18.0 Å². The maximum Gasteiger partial charge on any atom is 0.291 e. The third kappa shape index (κ3) is 2.51. The minimum atomic E-state index is -4.00. The van der Waals surface area contributed by atoms with Crippen molar-refractivity contribution in [2.45, 2.75) is 57.5 Å². The molecule has 3 N–H and O–H groups in total. The molecule has 0 aromatic rings. The van der Waals surface area contributed by atoms with Gasteiger partial charge in [0.15, 0.2) is 0 Å². The molecule has 7 atom stereocenters. The van der Waals surface area contributed by atoms with Crippen molar-refractivity contribution in [3.8, 4) is 0 Å². The molecule has 2 aliphatic carbocycles. The van der Waals surface area contributed by atoms with Gasteiger partial charge in [0.05, 0.1) is 29.3 Å². The highest BCUT2D eigenvalue weighted by Gasteiger charge is 2.65. The molecule has 7 unspecified atom stereocenters. The van der Waals surface area contributed by atoms with Crippen LogP contribution in [0.15, 0.2) is 12.2 Å². The summed E-state index contributed by atoms with van der Waals surface area (Å²) in [6, 6.07) is 0. The predicted molar refractivity (Wildman–Crippen MR) is 95.1 cm³/mol. The molecule has 150 valence electrons. The van der Waals surface area contributed by atoms with E-state index in [1.807, 2.05) is 6.92 Å². The number of amides is 2. The number of nitrogens with two attached hydrogens (primary N) is 1. The average molecular weight is 398 g/mol. The Hall–Kier alpha value is -1.45. The first-order chi connectivity index (χ1) is 12.5. The van der Waals surface area contributed by atoms with Crippen LogP contribution < -0.4 is 11.2 Å². The normalized spacial score (nSPS) is 44.0. The van der Waals surface area contributed by atoms with Crippen molar-refractivity contribution in [1.82, 2.24) is 5.48 Å². The SMILES string of the molecule is CC1(C)C2CCC1(C)C(S(=O)(=O)ONC(=O)C1C3C=CC(O3)C1C(N)=O)C2. The van der Waals surface area contributed by atoms with Gasteiger partial charge in [0.2, 0.25) is 5.91 Å². The van der Waals surface area contributed by atoms with E-state index in [2.05, 4.69) is 19.3 Å². The molecule has 9 heteroatoms. The van der Waals surface area contributed by atoms with Gasteiger partial charge in [-0.1, -0.05) is 32.9 Å². The van der Waals surface area contributed by atoms with Crippen LogP contribution in [0.4, 0.5) is 0 Å². The molecule has 27 heavy (non-hydrogen) atoms. The van der Waals surface area contributed by atoms with Crippen LogP contribution in [0.5, 0.6) is 0 Å².